The van der Waals surface area contributed by atoms with Crippen LogP contribution in [0.5, 0.6) is 5.75 Å². The molecule has 5 nitrogen and oxygen atoms in total. The molecule has 34 heavy (non-hydrogen) atoms. The number of hydrogen-bond donors (Lipinski definition) is 2. The summed E-state index contributed by atoms with van der Waals surface area (Å²) >= 11 is 12.1. The Hall–Kier alpha value is -3.35. The van der Waals surface area contributed by atoms with Gasteiger partial charge in [0.2, 0.25) is 0 Å². The highest BCUT2D eigenvalue weighted by atomic mass is 35.5. The van der Waals surface area contributed by atoms with Gasteiger partial charge in [0.25, 0.3) is 0 Å². The van der Waals surface area contributed by atoms with Gasteiger partial charge in [-0.15, -0.1) is 0 Å². The first-order chi connectivity index (χ1) is 16.3. The molecule has 2 aromatic carbocycles. The Morgan fingerprint density at radius 3 is 2.56 bits per heavy atom. The number of benzene rings is 2. The lowest BCUT2D eigenvalue weighted by Gasteiger charge is -2.28. The molecule has 1 aliphatic heterocycles. The molecular weight excluding hydrogens is 464 g/mol. The second-order valence-electron chi connectivity index (χ2n) is 8.63. The first kappa shape index (κ1) is 22.4. The second kappa shape index (κ2) is 8.78. The van der Waals surface area contributed by atoms with Gasteiger partial charge in [-0.3, -0.25) is 4.98 Å². The molecule has 0 radical (unpaired) electrons. The SMILES string of the molecule is Cc1cccc(-n2c(C)cc([C@@H]3[C@H](c4ccccn4)NC(=S)N3c3cc(Cl)ccc3O)c2C)c1. The molecule has 1 aliphatic rings. The number of phenolic OH excluding ortho intramolecular Hbond substituents is 1. The molecule has 0 unspecified atom stereocenters. The predicted octanol–water partition coefficient (Wildman–Crippen LogP) is 6.33. The van der Waals surface area contributed by atoms with E-state index >= 15 is 0 Å². The third-order valence-electron chi connectivity index (χ3n) is 6.34. The van der Waals surface area contributed by atoms with Crippen molar-refractivity contribution in [2.75, 3.05) is 4.90 Å². The average Bonchev–Trinajstić information content (AvgIpc) is 3.31. The highest BCUT2D eigenvalue weighted by Crippen LogP contribution is 2.46. The van der Waals surface area contributed by atoms with Crippen LogP contribution in [0.4, 0.5) is 5.69 Å². The number of hydrogen-bond acceptors (Lipinski definition) is 3. The fourth-order valence-corrected chi connectivity index (χ4v) is 5.38. The zero-order valence-electron chi connectivity index (χ0n) is 19.2. The van der Waals surface area contributed by atoms with Crippen molar-refractivity contribution in [3.05, 3.63) is 106 Å². The lowest BCUT2D eigenvalue weighted by molar-refractivity contribution is 0.472. The molecule has 0 amide bonds. The summed E-state index contributed by atoms with van der Waals surface area (Å²) in [6, 6.07) is 21.1. The van der Waals surface area contributed by atoms with E-state index < -0.39 is 0 Å². The van der Waals surface area contributed by atoms with E-state index in [4.69, 9.17) is 23.8 Å². The highest BCUT2D eigenvalue weighted by Gasteiger charge is 2.43. The third-order valence-corrected chi connectivity index (χ3v) is 6.89. The number of rotatable bonds is 4. The lowest BCUT2D eigenvalue weighted by atomic mass is 9.96. The smallest absolute Gasteiger partial charge is 0.174 e. The van der Waals surface area contributed by atoms with Crippen molar-refractivity contribution in [2.45, 2.75) is 32.9 Å². The Morgan fingerprint density at radius 1 is 1.00 bits per heavy atom. The summed E-state index contributed by atoms with van der Waals surface area (Å²) in [6.07, 6.45) is 1.78. The lowest BCUT2D eigenvalue weighted by Crippen LogP contribution is -2.29. The van der Waals surface area contributed by atoms with Crippen molar-refractivity contribution in [2.24, 2.45) is 0 Å². The van der Waals surface area contributed by atoms with E-state index in [0.717, 1.165) is 28.3 Å². The minimum Gasteiger partial charge on any atom is -0.506 e. The molecule has 5 rings (SSSR count). The van der Waals surface area contributed by atoms with Crippen LogP contribution in [0.3, 0.4) is 0 Å². The number of aromatic hydroxyl groups is 1. The molecule has 3 heterocycles. The minimum absolute atomic E-state index is 0.118. The van der Waals surface area contributed by atoms with Crippen molar-refractivity contribution in [3.63, 3.8) is 0 Å². The van der Waals surface area contributed by atoms with Gasteiger partial charge in [0.15, 0.2) is 5.11 Å². The number of thiocarbonyl (C=S) groups is 1. The predicted molar refractivity (Wildman–Crippen MR) is 141 cm³/mol. The number of aryl methyl sites for hydroxylation is 2. The molecule has 0 saturated carbocycles. The van der Waals surface area contributed by atoms with Crippen molar-refractivity contribution in [3.8, 4) is 11.4 Å². The Kier molecular flexibility index (Phi) is 5.80. The maximum absolute atomic E-state index is 10.8. The largest absolute Gasteiger partial charge is 0.506 e. The monoisotopic (exact) mass is 488 g/mol. The van der Waals surface area contributed by atoms with Crippen LogP contribution in [-0.2, 0) is 0 Å². The van der Waals surface area contributed by atoms with Crippen molar-refractivity contribution in [1.82, 2.24) is 14.9 Å². The van der Waals surface area contributed by atoms with Crippen molar-refractivity contribution >= 4 is 34.6 Å². The Labute approximate surface area is 209 Å². The maximum Gasteiger partial charge on any atom is 0.174 e. The average molecular weight is 489 g/mol. The standard InChI is InChI=1S/C27H25ClN4OS/c1-16-7-6-8-20(13-16)31-17(2)14-21(18(31)3)26-25(22-9-4-5-12-29-22)30-27(34)32(26)23-15-19(28)10-11-24(23)33/h4-15,25-26,33H,1-3H3,(H,30,34)/t25-,26+/m0/s1. The quantitative estimate of drug-likeness (QED) is 0.328. The van der Waals surface area contributed by atoms with Gasteiger partial charge in [-0.2, -0.15) is 0 Å². The number of halogens is 1. The van der Waals surface area contributed by atoms with Crippen LogP contribution in [0, 0.1) is 20.8 Å². The Morgan fingerprint density at radius 2 is 1.82 bits per heavy atom. The van der Waals surface area contributed by atoms with Crippen LogP contribution in [0.1, 0.15) is 40.3 Å². The van der Waals surface area contributed by atoms with Gasteiger partial charge >= 0.3 is 0 Å². The molecule has 1 saturated heterocycles. The van der Waals surface area contributed by atoms with E-state index in [9.17, 15) is 5.11 Å². The third kappa shape index (κ3) is 3.83. The zero-order valence-corrected chi connectivity index (χ0v) is 20.7. The molecular formula is C27H25ClN4OS. The fraction of sp³-hybridized carbons (Fsp3) is 0.185. The number of pyridine rings is 1. The van der Waals surface area contributed by atoms with Gasteiger partial charge in [0.1, 0.15) is 5.75 Å². The number of nitrogens with one attached hydrogen (secondary N) is 1. The van der Waals surface area contributed by atoms with Crippen LogP contribution >= 0.6 is 23.8 Å². The summed E-state index contributed by atoms with van der Waals surface area (Å²) in [4.78, 5) is 6.58. The first-order valence-electron chi connectivity index (χ1n) is 11.1. The normalized spacial score (nSPS) is 17.8. The molecule has 2 atom stereocenters. The number of nitrogens with zero attached hydrogens (tertiary/aromatic N) is 3. The van der Waals surface area contributed by atoms with Crippen molar-refractivity contribution < 1.29 is 5.11 Å². The Balaban J connectivity index is 1.71. The number of phenols is 1. The van der Waals surface area contributed by atoms with Crippen LogP contribution < -0.4 is 10.2 Å². The molecule has 0 bridgehead atoms. The van der Waals surface area contributed by atoms with Crippen LogP contribution in [0.15, 0.2) is 72.9 Å². The van der Waals surface area contributed by atoms with Gasteiger partial charge in [-0.05, 0) is 92.6 Å². The van der Waals surface area contributed by atoms with E-state index in [1.54, 1.807) is 24.4 Å². The number of anilines is 1. The second-order valence-corrected chi connectivity index (χ2v) is 9.45. The minimum atomic E-state index is -0.239. The van der Waals surface area contributed by atoms with Gasteiger partial charge in [-0.1, -0.05) is 29.8 Å². The van der Waals surface area contributed by atoms with E-state index in [1.807, 2.05) is 23.1 Å². The highest BCUT2D eigenvalue weighted by molar-refractivity contribution is 7.80. The fourth-order valence-electron chi connectivity index (χ4n) is 4.87. The summed E-state index contributed by atoms with van der Waals surface area (Å²) < 4.78 is 2.26. The molecule has 0 spiro atoms. The van der Waals surface area contributed by atoms with Gasteiger partial charge in [0, 0.05) is 28.3 Å². The summed E-state index contributed by atoms with van der Waals surface area (Å²) in [5, 5.41) is 15.3. The van der Waals surface area contributed by atoms with E-state index in [-0.39, 0.29) is 17.8 Å². The molecule has 4 aromatic rings. The number of aromatic nitrogens is 2. The van der Waals surface area contributed by atoms with Gasteiger partial charge in [-0.25, -0.2) is 0 Å². The van der Waals surface area contributed by atoms with Crippen LogP contribution in [0.2, 0.25) is 5.02 Å². The maximum atomic E-state index is 10.8. The van der Waals surface area contributed by atoms with Gasteiger partial charge < -0.3 is 19.9 Å². The molecule has 7 heteroatoms. The van der Waals surface area contributed by atoms with E-state index in [1.165, 1.54) is 5.56 Å². The molecule has 2 aromatic heterocycles. The van der Waals surface area contributed by atoms with Crippen LogP contribution in [0.25, 0.3) is 5.69 Å². The van der Waals surface area contributed by atoms with E-state index in [0.29, 0.717) is 15.8 Å². The molecule has 2 N–H and O–H groups in total. The topological polar surface area (TPSA) is 53.3 Å². The zero-order chi connectivity index (χ0) is 24.0. The van der Waals surface area contributed by atoms with E-state index in [2.05, 4.69) is 66.0 Å². The molecule has 0 aliphatic carbocycles. The summed E-state index contributed by atoms with van der Waals surface area (Å²) in [7, 11) is 0. The summed E-state index contributed by atoms with van der Waals surface area (Å²) in [6.45, 7) is 6.33. The van der Waals surface area contributed by atoms with Crippen LogP contribution in [-0.4, -0.2) is 19.8 Å². The summed E-state index contributed by atoms with van der Waals surface area (Å²) in [5.74, 6) is 0.118. The Bertz CT molecular complexity index is 1380. The summed E-state index contributed by atoms with van der Waals surface area (Å²) in [5.41, 5.74) is 7.07. The molecule has 172 valence electrons. The molecule has 1 fully saturated rings. The van der Waals surface area contributed by atoms with Crippen molar-refractivity contribution in [1.29, 1.82) is 0 Å². The van der Waals surface area contributed by atoms with Gasteiger partial charge in [0.05, 0.1) is 23.5 Å². The first-order valence-corrected chi connectivity index (χ1v) is 11.9.